The second kappa shape index (κ2) is 8.37. The van der Waals surface area contributed by atoms with Crippen LogP contribution >= 0.6 is 12.2 Å². The molecule has 0 amide bonds. The predicted octanol–water partition coefficient (Wildman–Crippen LogP) is 4.10. The standard InChI is InChI=1S/C17H24F3N5S/c18-17(19,20)13-11-14(25-9-5-2-6-10-25)23-15(22-13)24-16(26)21-12-7-3-1-4-8-12/h11-12H,1-10H2,(H2,21,22,23,24,26). The maximum absolute atomic E-state index is 13.2. The lowest BCUT2D eigenvalue weighted by Crippen LogP contribution is -2.39. The van der Waals surface area contributed by atoms with Crippen LogP contribution in [0.5, 0.6) is 0 Å². The molecule has 2 N–H and O–H groups in total. The Hall–Kier alpha value is -1.64. The molecule has 26 heavy (non-hydrogen) atoms. The highest BCUT2D eigenvalue weighted by Crippen LogP contribution is 2.31. The minimum Gasteiger partial charge on any atom is -0.360 e. The SMILES string of the molecule is FC(F)(F)c1cc(N2CCCCC2)nc(NC(=S)NC2CCCCC2)n1. The fourth-order valence-electron chi connectivity index (χ4n) is 3.49. The van der Waals surface area contributed by atoms with E-state index in [9.17, 15) is 13.2 Å². The Labute approximate surface area is 156 Å². The molecule has 3 rings (SSSR count). The molecule has 5 nitrogen and oxygen atoms in total. The van der Waals surface area contributed by atoms with E-state index in [0.717, 1.165) is 51.0 Å². The van der Waals surface area contributed by atoms with Gasteiger partial charge in [-0.15, -0.1) is 0 Å². The Kier molecular flexibility index (Phi) is 6.16. The maximum atomic E-state index is 13.2. The van der Waals surface area contributed by atoms with Gasteiger partial charge in [0.2, 0.25) is 5.95 Å². The molecule has 1 aliphatic heterocycles. The zero-order chi connectivity index (χ0) is 18.6. The quantitative estimate of drug-likeness (QED) is 0.762. The van der Waals surface area contributed by atoms with Crippen molar-refractivity contribution in [2.24, 2.45) is 0 Å². The van der Waals surface area contributed by atoms with Crippen molar-refractivity contribution in [2.75, 3.05) is 23.3 Å². The van der Waals surface area contributed by atoms with E-state index in [4.69, 9.17) is 12.2 Å². The Morgan fingerprint density at radius 2 is 1.69 bits per heavy atom. The lowest BCUT2D eigenvalue weighted by Gasteiger charge is -2.28. The molecule has 0 aromatic carbocycles. The van der Waals surface area contributed by atoms with Crippen LogP contribution < -0.4 is 15.5 Å². The topological polar surface area (TPSA) is 53.1 Å². The summed E-state index contributed by atoms with van der Waals surface area (Å²) in [6.45, 7) is 1.41. The van der Waals surface area contributed by atoms with Gasteiger partial charge in [0.25, 0.3) is 0 Å². The van der Waals surface area contributed by atoms with Crippen LogP contribution in [0.3, 0.4) is 0 Å². The minimum absolute atomic E-state index is 0.103. The minimum atomic E-state index is -4.53. The van der Waals surface area contributed by atoms with Crippen molar-refractivity contribution < 1.29 is 13.2 Å². The summed E-state index contributed by atoms with van der Waals surface area (Å²) in [6.07, 6.45) is 4.00. The van der Waals surface area contributed by atoms with Crippen LogP contribution in [0.15, 0.2) is 6.07 Å². The summed E-state index contributed by atoms with van der Waals surface area (Å²) in [4.78, 5) is 9.79. The summed E-state index contributed by atoms with van der Waals surface area (Å²) in [5.41, 5.74) is -0.948. The molecule has 2 fully saturated rings. The lowest BCUT2D eigenvalue weighted by molar-refractivity contribution is -0.141. The Bertz CT molecular complexity index is 625. The first-order valence-corrected chi connectivity index (χ1v) is 9.61. The third-order valence-electron chi connectivity index (χ3n) is 4.85. The molecule has 1 saturated carbocycles. The van der Waals surface area contributed by atoms with Crippen molar-refractivity contribution in [3.8, 4) is 0 Å². The largest absolute Gasteiger partial charge is 0.433 e. The molecule has 0 unspecified atom stereocenters. The van der Waals surface area contributed by atoms with Gasteiger partial charge in [0.05, 0.1) is 0 Å². The number of piperidine rings is 1. The molecule has 144 valence electrons. The molecule has 9 heteroatoms. The molecule has 1 aromatic rings. The molecule has 0 radical (unpaired) electrons. The van der Waals surface area contributed by atoms with Gasteiger partial charge in [0, 0.05) is 25.2 Å². The van der Waals surface area contributed by atoms with Crippen LogP contribution in [0, 0.1) is 0 Å². The summed E-state index contributed by atoms with van der Waals surface area (Å²) in [7, 11) is 0. The number of alkyl halides is 3. The molecule has 0 spiro atoms. The third-order valence-corrected chi connectivity index (χ3v) is 5.07. The highest BCUT2D eigenvalue weighted by molar-refractivity contribution is 7.80. The summed E-state index contributed by atoms with van der Waals surface area (Å²) >= 11 is 5.26. The van der Waals surface area contributed by atoms with Crippen molar-refractivity contribution in [1.82, 2.24) is 15.3 Å². The van der Waals surface area contributed by atoms with E-state index in [1.165, 1.54) is 6.42 Å². The number of rotatable bonds is 3. The number of hydrogen-bond donors (Lipinski definition) is 2. The van der Waals surface area contributed by atoms with Crippen molar-refractivity contribution in [3.63, 3.8) is 0 Å². The number of anilines is 2. The Balaban J connectivity index is 1.75. The molecular formula is C17H24F3N5S. The van der Waals surface area contributed by atoms with Gasteiger partial charge in [-0.3, -0.25) is 0 Å². The van der Waals surface area contributed by atoms with Crippen molar-refractivity contribution in [2.45, 2.75) is 63.6 Å². The van der Waals surface area contributed by atoms with E-state index >= 15 is 0 Å². The molecule has 2 heterocycles. The summed E-state index contributed by atoms with van der Waals surface area (Å²) in [5.74, 6) is 0.198. The average Bonchev–Trinajstić information content (AvgIpc) is 2.62. The Morgan fingerprint density at radius 1 is 1.04 bits per heavy atom. The average molecular weight is 387 g/mol. The van der Waals surface area contributed by atoms with Crippen LogP contribution in [-0.4, -0.2) is 34.2 Å². The predicted molar refractivity (Wildman–Crippen MR) is 99.3 cm³/mol. The van der Waals surface area contributed by atoms with E-state index < -0.39 is 11.9 Å². The maximum Gasteiger partial charge on any atom is 0.433 e. The number of aromatic nitrogens is 2. The van der Waals surface area contributed by atoms with Gasteiger partial charge in [-0.05, 0) is 44.3 Å². The zero-order valence-electron chi connectivity index (χ0n) is 14.6. The van der Waals surface area contributed by atoms with E-state index in [2.05, 4.69) is 20.6 Å². The highest BCUT2D eigenvalue weighted by atomic mass is 32.1. The van der Waals surface area contributed by atoms with Gasteiger partial charge in [0.1, 0.15) is 5.82 Å². The number of thiocarbonyl (C=S) groups is 1. The lowest BCUT2D eigenvalue weighted by atomic mass is 9.96. The fraction of sp³-hybridized carbons (Fsp3) is 0.706. The van der Waals surface area contributed by atoms with Gasteiger partial charge in [-0.1, -0.05) is 19.3 Å². The third kappa shape index (κ3) is 5.18. The van der Waals surface area contributed by atoms with E-state index in [0.29, 0.717) is 18.9 Å². The van der Waals surface area contributed by atoms with Gasteiger partial charge in [0.15, 0.2) is 10.8 Å². The normalized spacial score (nSPS) is 19.3. The molecule has 0 atom stereocenters. The molecule has 0 bridgehead atoms. The van der Waals surface area contributed by atoms with E-state index in [1.54, 1.807) is 0 Å². The molecule has 2 aliphatic rings. The highest BCUT2D eigenvalue weighted by Gasteiger charge is 2.34. The Morgan fingerprint density at radius 3 is 2.35 bits per heavy atom. The number of nitrogens with one attached hydrogen (secondary N) is 2. The van der Waals surface area contributed by atoms with Crippen LogP contribution in [0.25, 0.3) is 0 Å². The second-order valence-electron chi connectivity index (χ2n) is 6.91. The van der Waals surface area contributed by atoms with Crippen LogP contribution in [0.4, 0.5) is 24.9 Å². The number of halogens is 3. The van der Waals surface area contributed by atoms with Gasteiger partial charge in [-0.2, -0.15) is 18.2 Å². The van der Waals surface area contributed by atoms with Gasteiger partial charge >= 0.3 is 6.18 Å². The van der Waals surface area contributed by atoms with Crippen LogP contribution in [0.1, 0.15) is 57.1 Å². The van der Waals surface area contributed by atoms with Gasteiger partial charge < -0.3 is 15.5 Å². The number of hydrogen-bond acceptors (Lipinski definition) is 4. The summed E-state index contributed by atoms with van der Waals surface area (Å²) in [5, 5.41) is 6.20. The molecule has 1 aliphatic carbocycles. The second-order valence-corrected chi connectivity index (χ2v) is 7.32. The van der Waals surface area contributed by atoms with Crippen LogP contribution in [-0.2, 0) is 6.18 Å². The van der Waals surface area contributed by atoms with Crippen molar-refractivity contribution >= 4 is 29.1 Å². The van der Waals surface area contributed by atoms with Crippen molar-refractivity contribution in [3.05, 3.63) is 11.8 Å². The van der Waals surface area contributed by atoms with Crippen molar-refractivity contribution in [1.29, 1.82) is 0 Å². The first-order chi connectivity index (χ1) is 12.4. The molecular weight excluding hydrogens is 363 g/mol. The van der Waals surface area contributed by atoms with E-state index in [-0.39, 0.29) is 17.1 Å². The van der Waals surface area contributed by atoms with Crippen LogP contribution in [0.2, 0.25) is 0 Å². The summed E-state index contributed by atoms with van der Waals surface area (Å²) < 4.78 is 39.7. The molecule has 1 aromatic heterocycles. The smallest absolute Gasteiger partial charge is 0.360 e. The van der Waals surface area contributed by atoms with Gasteiger partial charge in [-0.25, -0.2) is 4.98 Å². The molecule has 1 saturated heterocycles. The van der Waals surface area contributed by atoms with E-state index in [1.807, 2.05) is 4.90 Å². The first kappa shape index (κ1) is 19.1. The fourth-order valence-corrected chi connectivity index (χ4v) is 3.75. The monoisotopic (exact) mass is 387 g/mol. The first-order valence-electron chi connectivity index (χ1n) is 9.20. The summed E-state index contributed by atoms with van der Waals surface area (Å²) in [6, 6.07) is 1.28. The zero-order valence-corrected chi connectivity index (χ0v) is 15.4. The number of nitrogens with zero attached hydrogens (tertiary/aromatic N) is 3.